The van der Waals surface area contributed by atoms with Crippen molar-refractivity contribution in [2.45, 2.75) is 45.3 Å². The molecule has 106 valence electrons. The highest BCUT2D eigenvalue weighted by Gasteiger charge is 2.45. The minimum absolute atomic E-state index is 0.0637. The Morgan fingerprint density at radius 3 is 1.89 bits per heavy atom. The lowest BCUT2D eigenvalue weighted by molar-refractivity contribution is -0.175. The Kier molecular flexibility index (Phi) is 5.34. The van der Waals surface area contributed by atoms with Crippen molar-refractivity contribution in [3.8, 4) is 0 Å². The summed E-state index contributed by atoms with van der Waals surface area (Å²) in [6, 6.07) is 0. The monoisotopic (exact) mass is 268 g/mol. The summed E-state index contributed by atoms with van der Waals surface area (Å²) in [5.41, 5.74) is 8.60. The Morgan fingerprint density at radius 1 is 1.17 bits per heavy atom. The average Bonchev–Trinajstić information content (AvgIpc) is 2.14. The molecule has 4 N–H and O–H groups in total. The minimum atomic E-state index is -4.49. The van der Waals surface area contributed by atoms with Crippen LogP contribution in [0.5, 0.6) is 0 Å². The maximum Gasteiger partial charge on any atom is 0.391 e. The number of hydrogen-bond acceptors (Lipinski definition) is 3. The Hall–Kier alpha value is -1.11. The summed E-state index contributed by atoms with van der Waals surface area (Å²) in [7, 11) is 0. The second-order valence-corrected chi connectivity index (χ2v) is 5.00. The highest BCUT2D eigenvalue weighted by molar-refractivity contribution is 6.09. The molecule has 18 heavy (non-hydrogen) atoms. The summed E-state index contributed by atoms with van der Waals surface area (Å²) in [6.07, 6.45) is -5.40. The van der Waals surface area contributed by atoms with Gasteiger partial charge in [0, 0.05) is 6.42 Å². The maximum atomic E-state index is 12.4. The van der Waals surface area contributed by atoms with Gasteiger partial charge in [-0.05, 0) is 12.3 Å². The normalized spacial score (nSPS) is 17.3. The number of nitrogens with two attached hydrogens (primary N) is 2. The predicted molar refractivity (Wildman–Crippen MR) is 60.4 cm³/mol. The Morgan fingerprint density at radius 2 is 1.61 bits per heavy atom. The first kappa shape index (κ1) is 16.9. The first-order valence-corrected chi connectivity index (χ1v) is 5.60. The molecule has 2 atom stereocenters. The molecule has 0 aliphatic carbocycles. The van der Waals surface area contributed by atoms with E-state index >= 15 is 0 Å². The van der Waals surface area contributed by atoms with E-state index < -0.39 is 35.7 Å². The quantitative estimate of drug-likeness (QED) is 0.713. The van der Waals surface area contributed by atoms with E-state index in [0.717, 1.165) is 6.92 Å². The smallest absolute Gasteiger partial charge is 0.368 e. The fourth-order valence-corrected chi connectivity index (χ4v) is 1.57. The zero-order valence-electron chi connectivity index (χ0n) is 10.7. The molecule has 0 heterocycles. The molecule has 0 aromatic heterocycles. The first-order chi connectivity index (χ1) is 7.91. The van der Waals surface area contributed by atoms with Crippen LogP contribution in [0.1, 0.15) is 33.6 Å². The van der Waals surface area contributed by atoms with E-state index in [1.807, 2.05) is 0 Å². The average molecular weight is 268 g/mol. The van der Waals surface area contributed by atoms with Crippen LogP contribution < -0.4 is 11.5 Å². The van der Waals surface area contributed by atoms with Crippen LogP contribution in [0.25, 0.3) is 0 Å². The molecule has 0 aliphatic heterocycles. The molecular formula is C11H19F3N2O2. The lowest BCUT2D eigenvalue weighted by atomic mass is 9.82. The van der Waals surface area contributed by atoms with E-state index in [1.165, 1.54) is 0 Å². The molecule has 0 aliphatic rings. The molecule has 0 saturated carbocycles. The summed E-state index contributed by atoms with van der Waals surface area (Å²) >= 11 is 0. The van der Waals surface area contributed by atoms with Gasteiger partial charge in [-0.2, -0.15) is 13.2 Å². The SMILES string of the molecule is CC(C)C[C@](N)(C(N)=O)C(=O)CC(C)C(F)(F)F. The maximum absolute atomic E-state index is 12.4. The van der Waals surface area contributed by atoms with Gasteiger partial charge >= 0.3 is 6.18 Å². The number of hydrogen-bond donors (Lipinski definition) is 2. The molecule has 7 heteroatoms. The number of halogens is 3. The molecule has 1 amide bonds. The second kappa shape index (κ2) is 5.69. The van der Waals surface area contributed by atoms with Gasteiger partial charge in [-0.3, -0.25) is 9.59 Å². The van der Waals surface area contributed by atoms with Crippen LogP contribution in [-0.2, 0) is 9.59 Å². The largest absolute Gasteiger partial charge is 0.391 e. The van der Waals surface area contributed by atoms with E-state index in [4.69, 9.17) is 11.5 Å². The number of carbonyl (C=O) groups is 2. The van der Waals surface area contributed by atoms with Crippen molar-refractivity contribution in [1.29, 1.82) is 0 Å². The van der Waals surface area contributed by atoms with Gasteiger partial charge in [0.2, 0.25) is 5.91 Å². The predicted octanol–water partition coefficient (Wildman–Crippen LogP) is 1.37. The summed E-state index contributed by atoms with van der Waals surface area (Å²) in [5.74, 6) is -4.03. The molecular weight excluding hydrogens is 249 g/mol. The number of alkyl halides is 3. The van der Waals surface area contributed by atoms with Gasteiger partial charge in [-0.15, -0.1) is 0 Å². The molecule has 0 rings (SSSR count). The fraction of sp³-hybridized carbons (Fsp3) is 0.818. The summed E-state index contributed by atoms with van der Waals surface area (Å²) in [6.45, 7) is 4.27. The lowest BCUT2D eigenvalue weighted by Crippen LogP contribution is -2.59. The molecule has 0 aromatic rings. The van der Waals surface area contributed by atoms with Crippen LogP contribution in [0.4, 0.5) is 13.2 Å². The summed E-state index contributed by atoms with van der Waals surface area (Å²) < 4.78 is 37.1. The van der Waals surface area contributed by atoms with Crippen LogP contribution in [0.3, 0.4) is 0 Å². The Balaban J connectivity index is 4.96. The molecule has 0 fully saturated rings. The van der Waals surface area contributed by atoms with Crippen LogP contribution in [-0.4, -0.2) is 23.4 Å². The first-order valence-electron chi connectivity index (χ1n) is 5.60. The zero-order valence-corrected chi connectivity index (χ0v) is 10.7. The van der Waals surface area contributed by atoms with Gasteiger partial charge < -0.3 is 11.5 Å². The van der Waals surface area contributed by atoms with E-state index in [0.29, 0.717) is 0 Å². The molecule has 4 nitrogen and oxygen atoms in total. The highest BCUT2D eigenvalue weighted by atomic mass is 19.4. The van der Waals surface area contributed by atoms with Crippen LogP contribution in [0.15, 0.2) is 0 Å². The van der Waals surface area contributed by atoms with Gasteiger partial charge in [-0.1, -0.05) is 20.8 Å². The number of ketones is 1. The van der Waals surface area contributed by atoms with Crippen molar-refractivity contribution in [3.05, 3.63) is 0 Å². The van der Waals surface area contributed by atoms with Gasteiger partial charge in [0.15, 0.2) is 11.3 Å². The van der Waals surface area contributed by atoms with Gasteiger partial charge in [0.1, 0.15) is 0 Å². The lowest BCUT2D eigenvalue weighted by Gasteiger charge is -2.27. The molecule has 1 unspecified atom stereocenters. The Labute approximate surface area is 104 Å². The molecule has 0 radical (unpaired) electrons. The van der Waals surface area contributed by atoms with Crippen molar-refractivity contribution >= 4 is 11.7 Å². The number of carbonyl (C=O) groups excluding carboxylic acids is 2. The molecule has 0 bridgehead atoms. The molecule has 0 aromatic carbocycles. The summed E-state index contributed by atoms with van der Waals surface area (Å²) in [4.78, 5) is 23.0. The van der Waals surface area contributed by atoms with Gasteiger partial charge in [-0.25, -0.2) is 0 Å². The van der Waals surface area contributed by atoms with E-state index in [1.54, 1.807) is 13.8 Å². The van der Waals surface area contributed by atoms with Crippen LogP contribution >= 0.6 is 0 Å². The van der Waals surface area contributed by atoms with Crippen molar-refractivity contribution < 1.29 is 22.8 Å². The van der Waals surface area contributed by atoms with E-state index in [9.17, 15) is 22.8 Å². The third kappa shape index (κ3) is 4.29. The highest BCUT2D eigenvalue weighted by Crippen LogP contribution is 2.30. The van der Waals surface area contributed by atoms with E-state index in [-0.39, 0.29) is 12.3 Å². The van der Waals surface area contributed by atoms with Crippen molar-refractivity contribution in [2.75, 3.05) is 0 Å². The zero-order chi connectivity index (χ0) is 14.7. The van der Waals surface area contributed by atoms with Crippen molar-refractivity contribution in [2.24, 2.45) is 23.3 Å². The topological polar surface area (TPSA) is 86.2 Å². The Bertz CT molecular complexity index is 329. The standard InChI is InChI=1S/C11H19F3N2O2/c1-6(2)5-10(16,9(15)18)8(17)4-7(3)11(12,13)14/h6-7H,4-5,16H2,1-3H3,(H2,15,18)/t7?,10-/m1/s1. The number of rotatable bonds is 6. The number of primary amides is 1. The van der Waals surface area contributed by atoms with Crippen molar-refractivity contribution in [1.82, 2.24) is 0 Å². The number of amides is 1. The second-order valence-electron chi connectivity index (χ2n) is 5.00. The third-order valence-electron chi connectivity index (χ3n) is 2.72. The van der Waals surface area contributed by atoms with E-state index in [2.05, 4.69) is 0 Å². The minimum Gasteiger partial charge on any atom is -0.368 e. The van der Waals surface area contributed by atoms with Gasteiger partial charge in [0.25, 0.3) is 0 Å². The van der Waals surface area contributed by atoms with Crippen LogP contribution in [0.2, 0.25) is 0 Å². The third-order valence-corrected chi connectivity index (χ3v) is 2.72. The fourth-order valence-electron chi connectivity index (χ4n) is 1.57. The summed E-state index contributed by atoms with van der Waals surface area (Å²) in [5, 5.41) is 0. The van der Waals surface area contributed by atoms with Crippen molar-refractivity contribution in [3.63, 3.8) is 0 Å². The van der Waals surface area contributed by atoms with Gasteiger partial charge in [0.05, 0.1) is 5.92 Å². The molecule has 0 spiro atoms. The van der Waals surface area contributed by atoms with Crippen LogP contribution in [0, 0.1) is 11.8 Å². The number of Topliss-reactive ketones (excluding diaryl/α,β-unsaturated/α-hetero) is 1. The molecule has 0 saturated heterocycles.